The van der Waals surface area contributed by atoms with Gasteiger partial charge in [0.15, 0.2) is 0 Å². The van der Waals surface area contributed by atoms with Gasteiger partial charge in [-0.05, 0) is 34.1 Å². The van der Waals surface area contributed by atoms with Crippen molar-refractivity contribution >= 4 is 21.6 Å². The molecule has 0 radical (unpaired) electrons. The second-order valence-electron chi connectivity index (χ2n) is 4.97. The Kier molecular flexibility index (Phi) is 7.38. The topological polar surface area (TPSA) is 86.8 Å². The van der Waals surface area contributed by atoms with Crippen LogP contribution in [0.1, 0.15) is 5.76 Å². The van der Waals surface area contributed by atoms with Gasteiger partial charge in [0.25, 0.3) is 5.69 Å². The summed E-state index contributed by atoms with van der Waals surface area (Å²) in [5.74, 6) is 1.44. The van der Waals surface area contributed by atoms with Crippen LogP contribution in [0.25, 0.3) is 11.3 Å². The van der Waals surface area contributed by atoms with E-state index in [1.807, 2.05) is 12.1 Å². The minimum Gasteiger partial charge on any atom is -0.460 e. The molecular formula is C16H19BrN2O5. The van der Waals surface area contributed by atoms with Crippen LogP contribution in [0.15, 0.2) is 39.2 Å². The molecule has 8 heteroatoms. The van der Waals surface area contributed by atoms with Crippen molar-refractivity contribution in [3.8, 4) is 11.3 Å². The van der Waals surface area contributed by atoms with E-state index in [0.29, 0.717) is 43.1 Å². The second kappa shape index (κ2) is 9.53. The molecule has 0 atom stereocenters. The molecule has 2 rings (SSSR count). The quantitative estimate of drug-likeness (QED) is 0.375. The fourth-order valence-electron chi connectivity index (χ4n) is 2.04. The number of methoxy groups -OCH3 is 1. The van der Waals surface area contributed by atoms with Crippen LogP contribution in [-0.2, 0) is 16.0 Å². The number of nitro groups is 1. The first-order valence-corrected chi connectivity index (χ1v) is 8.21. The van der Waals surface area contributed by atoms with Crippen molar-refractivity contribution in [1.29, 1.82) is 0 Å². The van der Waals surface area contributed by atoms with E-state index in [4.69, 9.17) is 13.9 Å². The first-order chi connectivity index (χ1) is 11.6. The van der Waals surface area contributed by atoms with Gasteiger partial charge in [-0.2, -0.15) is 0 Å². The van der Waals surface area contributed by atoms with Gasteiger partial charge in [-0.15, -0.1) is 0 Å². The van der Waals surface area contributed by atoms with Gasteiger partial charge < -0.3 is 19.2 Å². The molecule has 0 aliphatic heterocycles. The van der Waals surface area contributed by atoms with Crippen LogP contribution in [0.2, 0.25) is 0 Å². The molecule has 0 saturated heterocycles. The van der Waals surface area contributed by atoms with Gasteiger partial charge in [0, 0.05) is 35.8 Å². The van der Waals surface area contributed by atoms with Crippen LogP contribution in [0.3, 0.4) is 0 Å². The molecular weight excluding hydrogens is 380 g/mol. The predicted octanol–water partition coefficient (Wildman–Crippen LogP) is 3.37. The predicted molar refractivity (Wildman–Crippen MR) is 92.9 cm³/mol. The zero-order valence-electron chi connectivity index (χ0n) is 13.3. The van der Waals surface area contributed by atoms with Crippen molar-refractivity contribution in [3.05, 3.63) is 50.7 Å². The largest absolute Gasteiger partial charge is 0.460 e. The number of hydrogen-bond acceptors (Lipinski definition) is 6. The summed E-state index contributed by atoms with van der Waals surface area (Å²) in [6.45, 7) is 3.06. The molecule has 2 aromatic rings. The van der Waals surface area contributed by atoms with Crippen LogP contribution < -0.4 is 5.32 Å². The van der Waals surface area contributed by atoms with Crippen molar-refractivity contribution in [3.63, 3.8) is 0 Å². The van der Waals surface area contributed by atoms with Gasteiger partial charge in [0.1, 0.15) is 11.5 Å². The number of benzene rings is 1. The van der Waals surface area contributed by atoms with Gasteiger partial charge in [-0.1, -0.05) is 0 Å². The Morgan fingerprint density at radius 1 is 1.25 bits per heavy atom. The Labute approximate surface area is 148 Å². The van der Waals surface area contributed by atoms with E-state index in [0.717, 1.165) is 11.3 Å². The Morgan fingerprint density at radius 2 is 2.08 bits per heavy atom. The van der Waals surface area contributed by atoms with Crippen LogP contribution in [0.4, 0.5) is 5.69 Å². The van der Waals surface area contributed by atoms with Gasteiger partial charge in [-0.3, -0.25) is 10.1 Å². The first kappa shape index (κ1) is 18.6. The molecule has 0 bridgehead atoms. The summed E-state index contributed by atoms with van der Waals surface area (Å²) in [7, 11) is 1.64. The lowest BCUT2D eigenvalue weighted by Crippen LogP contribution is -2.19. The lowest BCUT2D eigenvalue weighted by Gasteiger charge is -2.05. The molecule has 1 heterocycles. The summed E-state index contributed by atoms with van der Waals surface area (Å²) in [5, 5.41) is 14.0. The molecule has 0 fully saturated rings. The van der Waals surface area contributed by atoms with Crippen LogP contribution >= 0.6 is 15.9 Å². The third-order valence-corrected chi connectivity index (χ3v) is 3.90. The van der Waals surface area contributed by atoms with E-state index < -0.39 is 4.92 Å². The number of ether oxygens (including phenoxy) is 2. The van der Waals surface area contributed by atoms with Crippen molar-refractivity contribution in [1.82, 2.24) is 5.32 Å². The summed E-state index contributed by atoms with van der Waals surface area (Å²) in [5.41, 5.74) is 0.808. The number of rotatable bonds is 10. The molecule has 0 aliphatic rings. The molecule has 0 amide bonds. The normalized spacial score (nSPS) is 10.9. The summed E-state index contributed by atoms with van der Waals surface area (Å²) >= 11 is 3.35. The van der Waals surface area contributed by atoms with E-state index in [1.54, 1.807) is 13.2 Å². The van der Waals surface area contributed by atoms with Gasteiger partial charge in [0.2, 0.25) is 0 Å². The Balaban J connectivity index is 1.86. The third-order valence-electron chi connectivity index (χ3n) is 3.24. The molecule has 1 aromatic heterocycles. The minimum atomic E-state index is -0.430. The summed E-state index contributed by atoms with van der Waals surface area (Å²) in [6, 6.07) is 8.31. The van der Waals surface area contributed by atoms with E-state index in [9.17, 15) is 10.1 Å². The lowest BCUT2D eigenvalue weighted by atomic mass is 10.1. The number of furan rings is 1. The standard InChI is InChI=1S/C16H19BrN2O5/c1-22-8-9-23-7-6-18-11-13-3-5-16(24-13)14-4-2-12(19(20)21)10-15(14)17/h2-5,10,18H,6-9,11H2,1H3. The second-order valence-corrected chi connectivity index (χ2v) is 5.82. The highest BCUT2D eigenvalue weighted by atomic mass is 79.9. The number of nitro benzene ring substituents is 1. The van der Waals surface area contributed by atoms with Crippen molar-refractivity contribution in [2.75, 3.05) is 33.5 Å². The number of hydrogen-bond donors (Lipinski definition) is 1. The maximum absolute atomic E-state index is 10.8. The molecule has 1 aromatic carbocycles. The monoisotopic (exact) mass is 398 g/mol. The number of non-ortho nitro benzene ring substituents is 1. The van der Waals surface area contributed by atoms with E-state index in [-0.39, 0.29) is 5.69 Å². The van der Waals surface area contributed by atoms with Gasteiger partial charge in [-0.25, -0.2) is 0 Å². The Hall–Kier alpha value is -1.74. The zero-order chi connectivity index (χ0) is 17.4. The van der Waals surface area contributed by atoms with Crippen molar-refractivity contribution in [2.24, 2.45) is 0 Å². The van der Waals surface area contributed by atoms with Crippen molar-refractivity contribution < 1.29 is 18.8 Å². The van der Waals surface area contributed by atoms with Crippen LogP contribution in [0, 0.1) is 10.1 Å². The average Bonchev–Trinajstić information content (AvgIpc) is 3.02. The highest BCUT2D eigenvalue weighted by Crippen LogP contribution is 2.32. The first-order valence-electron chi connectivity index (χ1n) is 7.42. The SMILES string of the molecule is COCCOCCNCc1ccc(-c2ccc([N+](=O)[O-])cc2Br)o1. The minimum absolute atomic E-state index is 0.0348. The maximum Gasteiger partial charge on any atom is 0.270 e. The molecule has 0 spiro atoms. The highest BCUT2D eigenvalue weighted by molar-refractivity contribution is 9.10. The van der Waals surface area contributed by atoms with E-state index >= 15 is 0 Å². The molecule has 130 valence electrons. The molecule has 24 heavy (non-hydrogen) atoms. The summed E-state index contributed by atoms with van der Waals surface area (Å²) in [6.07, 6.45) is 0. The number of halogens is 1. The fraction of sp³-hybridized carbons (Fsp3) is 0.375. The van der Waals surface area contributed by atoms with Crippen LogP contribution in [0.5, 0.6) is 0 Å². The average molecular weight is 399 g/mol. The highest BCUT2D eigenvalue weighted by Gasteiger charge is 2.13. The van der Waals surface area contributed by atoms with Crippen molar-refractivity contribution in [2.45, 2.75) is 6.54 Å². The molecule has 7 nitrogen and oxygen atoms in total. The van der Waals surface area contributed by atoms with Gasteiger partial charge in [0.05, 0.1) is 31.3 Å². The summed E-state index contributed by atoms with van der Waals surface area (Å²) < 4.78 is 16.6. The smallest absolute Gasteiger partial charge is 0.270 e. The number of nitrogens with one attached hydrogen (secondary N) is 1. The fourth-order valence-corrected chi connectivity index (χ4v) is 2.60. The zero-order valence-corrected chi connectivity index (χ0v) is 14.9. The van der Waals surface area contributed by atoms with Crippen LogP contribution in [-0.4, -0.2) is 38.4 Å². The lowest BCUT2D eigenvalue weighted by molar-refractivity contribution is -0.384. The van der Waals surface area contributed by atoms with E-state index in [2.05, 4.69) is 21.2 Å². The Morgan fingerprint density at radius 3 is 2.79 bits per heavy atom. The van der Waals surface area contributed by atoms with Gasteiger partial charge >= 0.3 is 0 Å². The van der Waals surface area contributed by atoms with E-state index in [1.165, 1.54) is 12.1 Å². The molecule has 1 N–H and O–H groups in total. The maximum atomic E-state index is 10.8. The molecule has 0 unspecified atom stereocenters. The Bertz CT molecular complexity index is 674. The molecule has 0 aliphatic carbocycles. The number of nitrogens with zero attached hydrogens (tertiary/aromatic N) is 1. The summed E-state index contributed by atoms with van der Waals surface area (Å²) in [4.78, 5) is 10.3. The molecule has 0 saturated carbocycles. The third kappa shape index (κ3) is 5.41.